The molecule has 2 fully saturated rings. The topological polar surface area (TPSA) is 18.5 Å². The zero-order valence-corrected chi connectivity index (χ0v) is 8.67. The Bertz CT molecular complexity index is 151. The number of fused-ring (bicyclic) bond motifs is 1. The summed E-state index contributed by atoms with van der Waals surface area (Å²) < 4.78 is 12.5. The van der Waals surface area contributed by atoms with E-state index in [1.54, 1.807) is 0 Å². The lowest BCUT2D eigenvalue weighted by atomic mass is 9.92. The molecule has 0 radical (unpaired) electrons. The third-order valence-electron chi connectivity index (χ3n) is 2.66. The van der Waals surface area contributed by atoms with E-state index in [2.05, 4.69) is 22.6 Å². The van der Waals surface area contributed by atoms with E-state index in [1.165, 1.54) is 12.8 Å². The Balaban J connectivity index is 2.12. The Morgan fingerprint density at radius 2 is 2.36 bits per heavy atom. The minimum absolute atomic E-state index is 0.0960. The van der Waals surface area contributed by atoms with Gasteiger partial charge in [0.15, 0.2) is 0 Å². The van der Waals surface area contributed by atoms with Crippen LogP contribution in [0.15, 0.2) is 0 Å². The van der Waals surface area contributed by atoms with E-state index in [4.69, 9.17) is 9.47 Å². The van der Waals surface area contributed by atoms with Gasteiger partial charge in [0, 0.05) is 24.1 Å². The van der Waals surface area contributed by atoms with E-state index in [0.29, 0.717) is 6.10 Å². The quantitative estimate of drug-likeness (QED) is 0.533. The fraction of sp³-hybridized carbons (Fsp3) is 1.00. The molecule has 0 spiro atoms. The molecular formula is C8H13IO2. The molecule has 2 aliphatic rings. The molecule has 3 heteroatoms. The highest BCUT2D eigenvalue weighted by Gasteiger charge is 2.45. The highest BCUT2D eigenvalue weighted by Crippen LogP contribution is 2.37. The first kappa shape index (κ1) is 8.26. The van der Waals surface area contributed by atoms with Crippen molar-refractivity contribution >= 4 is 22.6 Å². The number of hydrogen-bond donors (Lipinski definition) is 0. The molecule has 0 aliphatic carbocycles. The van der Waals surface area contributed by atoms with E-state index in [0.717, 1.165) is 24.1 Å². The first-order valence-electron chi connectivity index (χ1n) is 4.19. The Morgan fingerprint density at radius 1 is 1.45 bits per heavy atom. The molecule has 64 valence electrons. The summed E-state index contributed by atoms with van der Waals surface area (Å²) >= 11 is 2.41. The summed E-state index contributed by atoms with van der Waals surface area (Å²) in [5, 5.41) is 0. The second-order valence-corrected chi connectivity index (χ2v) is 4.06. The van der Waals surface area contributed by atoms with Crippen LogP contribution in [0.3, 0.4) is 0 Å². The molecule has 2 rings (SSSR count). The first-order valence-corrected chi connectivity index (χ1v) is 5.71. The van der Waals surface area contributed by atoms with Crippen LogP contribution in [0.4, 0.5) is 0 Å². The number of rotatable bonds is 1. The molecule has 2 atom stereocenters. The smallest absolute Gasteiger partial charge is 0.105 e. The van der Waals surface area contributed by atoms with Crippen LogP contribution in [-0.2, 0) is 9.47 Å². The van der Waals surface area contributed by atoms with Gasteiger partial charge in [-0.25, -0.2) is 0 Å². The van der Waals surface area contributed by atoms with Crippen LogP contribution in [0.25, 0.3) is 0 Å². The lowest BCUT2D eigenvalue weighted by molar-refractivity contribution is -0.107. The minimum atomic E-state index is 0.0960. The van der Waals surface area contributed by atoms with Crippen LogP contribution in [0.2, 0.25) is 0 Å². The van der Waals surface area contributed by atoms with Crippen molar-refractivity contribution < 1.29 is 9.47 Å². The molecule has 2 heterocycles. The van der Waals surface area contributed by atoms with Crippen molar-refractivity contribution in [2.75, 3.05) is 17.6 Å². The average Bonchev–Trinajstić information content (AvgIpc) is 2.48. The average molecular weight is 268 g/mol. The van der Waals surface area contributed by atoms with Crippen molar-refractivity contribution in [2.24, 2.45) is 0 Å². The number of halogens is 1. The summed E-state index contributed by atoms with van der Waals surface area (Å²) in [5.74, 6) is 0. The fourth-order valence-corrected chi connectivity index (χ4v) is 3.03. The number of alkyl halides is 1. The van der Waals surface area contributed by atoms with Crippen molar-refractivity contribution in [1.82, 2.24) is 0 Å². The van der Waals surface area contributed by atoms with Crippen molar-refractivity contribution in [2.45, 2.75) is 31.0 Å². The van der Waals surface area contributed by atoms with Gasteiger partial charge >= 0.3 is 0 Å². The summed E-state index contributed by atoms with van der Waals surface area (Å²) in [6, 6.07) is 0. The lowest BCUT2D eigenvalue weighted by Crippen LogP contribution is -2.46. The summed E-state index contributed by atoms with van der Waals surface area (Å²) in [7, 11) is 0. The third-order valence-corrected chi connectivity index (χ3v) is 3.95. The van der Waals surface area contributed by atoms with Gasteiger partial charge in [0.05, 0.1) is 6.10 Å². The molecule has 2 nitrogen and oxygen atoms in total. The lowest BCUT2D eigenvalue weighted by Gasteiger charge is -2.36. The fourth-order valence-electron chi connectivity index (χ4n) is 1.93. The maximum Gasteiger partial charge on any atom is 0.105 e. The molecule has 0 aromatic rings. The molecule has 2 aliphatic heterocycles. The molecule has 0 aromatic heterocycles. The zero-order valence-electron chi connectivity index (χ0n) is 6.51. The Kier molecular flexibility index (Phi) is 2.39. The summed E-state index contributed by atoms with van der Waals surface area (Å²) in [6.07, 6.45) is 3.86. The molecule has 1 unspecified atom stereocenters. The van der Waals surface area contributed by atoms with Crippen LogP contribution in [0.1, 0.15) is 19.3 Å². The summed E-state index contributed by atoms with van der Waals surface area (Å²) in [4.78, 5) is 0. The normalized spacial score (nSPS) is 43.9. The minimum Gasteiger partial charge on any atom is -0.375 e. The van der Waals surface area contributed by atoms with Crippen molar-refractivity contribution in [1.29, 1.82) is 0 Å². The number of hydrogen-bond acceptors (Lipinski definition) is 2. The Hall–Kier alpha value is 0.650. The second-order valence-electron chi connectivity index (χ2n) is 3.30. The van der Waals surface area contributed by atoms with E-state index in [1.807, 2.05) is 0 Å². The van der Waals surface area contributed by atoms with Crippen LogP contribution < -0.4 is 0 Å². The molecular weight excluding hydrogens is 255 g/mol. The second kappa shape index (κ2) is 3.18. The van der Waals surface area contributed by atoms with Gasteiger partial charge in [0.1, 0.15) is 5.60 Å². The van der Waals surface area contributed by atoms with Gasteiger partial charge in [-0.1, -0.05) is 22.6 Å². The molecule has 11 heavy (non-hydrogen) atoms. The predicted molar refractivity (Wildman–Crippen MR) is 51.2 cm³/mol. The van der Waals surface area contributed by atoms with Gasteiger partial charge < -0.3 is 9.47 Å². The van der Waals surface area contributed by atoms with Crippen LogP contribution in [0, 0.1) is 0 Å². The van der Waals surface area contributed by atoms with Crippen molar-refractivity contribution in [3.63, 3.8) is 0 Å². The van der Waals surface area contributed by atoms with E-state index in [9.17, 15) is 0 Å². The maximum atomic E-state index is 5.81. The van der Waals surface area contributed by atoms with Gasteiger partial charge in [-0.2, -0.15) is 0 Å². The standard InChI is InChI=1S/C8H13IO2/c9-6-8-3-5-10-7(8)2-1-4-11-8/h7H,1-6H2/t7?,8-/m1/s1. The molecule has 0 bridgehead atoms. The third kappa shape index (κ3) is 1.31. The zero-order chi connectivity index (χ0) is 7.73. The molecule has 2 saturated heterocycles. The van der Waals surface area contributed by atoms with Gasteiger partial charge in [-0.15, -0.1) is 0 Å². The highest BCUT2D eigenvalue weighted by molar-refractivity contribution is 14.1. The largest absolute Gasteiger partial charge is 0.375 e. The van der Waals surface area contributed by atoms with E-state index < -0.39 is 0 Å². The highest BCUT2D eigenvalue weighted by atomic mass is 127. The monoisotopic (exact) mass is 268 g/mol. The molecule has 0 N–H and O–H groups in total. The molecule has 0 aromatic carbocycles. The Labute approximate surface area is 80.8 Å². The van der Waals surface area contributed by atoms with Crippen LogP contribution in [-0.4, -0.2) is 29.3 Å². The van der Waals surface area contributed by atoms with E-state index in [-0.39, 0.29) is 5.60 Å². The van der Waals surface area contributed by atoms with E-state index >= 15 is 0 Å². The summed E-state index contributed by atoms with van der Waals surface area (Å²) in [5.41, 5.74) is 0.0960. The predicted octanol–water partition coefficient (Wildman–Crippen LogP) is 1.76. The molecule has 0 saturated carbocycles. The SMILES string of the molecule is IC[C@]12CCOC1CCCO2. The van der Waals surface area contributed by atoms with Crippen molar-refractivity contribution in [3.8, 4) is 0 Å². The van der Waals surface area contributed by atoms with Gasteiger partial charge in [0.2, 0.25) is 0 Å². The summed E-state index contributed by atoms with van der Waals surface area (Å²) in [6.45, 7) is 1.83. The van der Waals surface area contributed by atoms with Gasteiger partial charge in [-0.05, 0) is 12.8 Å². The first-order chi connectivity index (χ1) is 5.37. The maximum absolute atomic E-state index is 5.81. The van der Waals surface area contributed by atoms with Crippen molar-refractivity contribution in [3.05, 3.63) is 0 Å². The van der Waals surface area contributed by atoms with Crippen LogP contribution >= 0.6 is 22.6 Å². The Morgan fingerprint density at radius 3 is 3.09 bits per heavy atom. The molecule has 0 amide bonds. The van der Waals surface area contributed by atoms with Gasteiger partial charge in [0.25, 0.3) is 0 Å². The van der Waals surface area contributed by atoms with Gasteiger partial charge in [-0.3, -0.25) is 0 Å². The van der Waals surface area contributed by atoms with Crippen LogP contribution in [0.5, 0.6) is 0 Å². The number of ether oxygens (including phenoxy) is 2.